The molecular weight excluding hydrogens is 398 g/mol. The van der Waals surface area contributed by atoms with E-state index in [9.17, 15) is 9.59 Å². The zero-order valence-electron chi connectivity index (χ0n) is 17.6. The summed E-state index contributed by atoms with van der Waals surface area (Å²) >= 11 is 0. The number of nitrogens with one attached hydrogen (secondary N) is 1. The van der Waals surface area contributed by atoms with Gasteiger partial charge in [0.05, 0.1) is 18.9 Å². The smallest absolute Gasteiger partial charge is 0.257 e. The summed E-state index contributed by atoms with van der Waals surface area (Å²) in [6.07, 6.45) is 5.01. The Kier molecular flexibility index (Phi) is 5.25. The molecule has 4 heterocycles. The normalized spacial score (nSPS) is 26.1. The van der Waals surface area contributed by atoms with Crippen molar-refractivity contribution in [2.75, 3.05) is 20.2 Å². The highest BCUT2D eigenvalue weighted by atomic mass is 16.5. The predicted molar refractivity (Wildman–Crippen MR) is 111 cm³/mol. The Labute approximate surface area is 180 Å². The number of rotatable bonds is 1. The molecule has 0 spiro atoms. The maximum Gasteiger partial charge on any atom is 0.257 e. The lowest BCUT2D eigenvalue weighted by Crippen LogP contribution is -2.54. The molecule has 1 N–H and O–H groups in total. The van der Waals surface area contributed by atoms with E-state index < -0.39 is 0 Å². The van der Waals surface area contributed by atoms with Crippen molar-refractivity contribution >= 4 is 11.8 Å². The number of benzene rings is 1. The molecule has 1 saturated carbocycles. The number of nitrogens with zero attached hydrogens (tertiary/aromatic N) is 4. The molecule has 1 aromatic heterocycles. The van der Waals surface area contributed by atoms with E-state index in [0.717, 1.165) is 12.8 Å². The lowest BCUT2D eigenvalue weighted by molar-refractivity contribution is -0.122. The molecule has 6 rings (SSSR count). The van der Waals surface area contributed by atoms with Crippen molar-refractivity contribution in [2.45, 2.75) is 44.9 Å². The minimum atomic E-state index is -0.0662. The SMILES string of the molecule is COc1cccc2c1OCc1cn(nn1)CCCC(=O)NC1[C@@H]3CC[C@H]1CN(C3)C2=O. The van der Waals surface area contributed by atoms with Crippen molar-refractivity contribution in [1.29, 1.82) is 0 Å². The van der Waals surface area contributed by atoms with Gasteiger partial charge in [0.2, 0.25) is 5.91 Å². The first-order chi connectivity index (χ1) is 15.1. The standard InChI is InChI=1S/C22H27N5O4/c1-30-18-5-2-4-17-21(18)31-13-16-12-27(25-24-16)9-3-6-19(28)23-20-14-7-8-15(20)11-26(10-14)22(17)29/h2,4-5,12,14-15,20H,3,6-11,13H2,1H3,(H,23,28)/t14-,15+,20?. The molecule has 2 fully saturated rings. The molecular formula is C22H27N5O4. The highest BCUT2D eigenvalue weighted by Crippen LogP contribution is 2.39. The van der Waals surface area contributed by atoms with E-state index in [1.165, 1.54) is 0 Å². The number of ether oxygens (including phenoxy) is 2. The number of methoxy groups -OCH3 is 1. The third-order valence-electron chi connectivity index (χ3n) is 6.62. The Morgan fingerprint density at radius 1 is 1.19 bits per heavy atom. The minimum absolute atomic E-state index is 0.0662. The molecule has 3 atom stereocenters. The molecule has 1 aromatic carbocycles. The van der Waals surface area contributed by atoms with E-state index in [1.54, 1.807) is 36.2 Å². The van der Waals surface area contributed by atoms with Gasteiger partial charge >= 0.3 is 0 Å². The van der Waals surface area contributed by atoms with Crippen molar-refractivity contribution in [3.8, 4) is 11.5 Å². The van der Waals surface area contributed by atoms with Crippen LogP contribution >= 0.6 is 0 Å². The van der Waals surface area contributed by atoms with Gasteiger partial charge in [-0.05, 0) is 43.2 Å². The van der Waals surface area contributed by atoms with Crippen LogP contribution in [0.25, 0.3) is 0 Å². The average Bonchev–Trinajstić information content (AvgIpc) is 3.30. The van der Waals surface area contributed by atoms with Crippen LogP contribution in [-0.4, -0.2) is 57.9 Å². The quantitative estimate of drug-likeness (QED) is 0.746. The molecule has 31 heavy (non-hydrogen) atoms. The topological polar surface area (TPSA) is 98.6 Å². The van der Waals surface area contributed by atoms with E-state index in [-0.39, 0.29) is 36.3 Å². The van der Waals surface area contributed by atoms with E-state index >= 15 is 0 Å². The van der Waals surface area contributed by atoms with Gasteiger partial charge in [-0.3, -0.25) is 14.3 Å². The molecule has 4 aliphatic rings. The summed E-state index contributed by atoms with van der Waals surface area (Å²) in [5.74, 6) is 1.52. The summed E-state index contributed by atoms with van der Waals surface area (Å²) in [5, 5.41) is 11.5. The van der Waals surface area contributed by atoms with Crippen molar-refractivity contribution in [1.82, 2.24) is 25.2 Å². The van der Waals surface area contributed by atoms with E-state index in [2.05, 4.69) is 15.6 Å². The van der Waals surface area contributed by atoms with Crippen molar-refractivity contribution in [3.05, 3.63) is 35.7 Å². The Balaban J connectivity index is 1.48. The second-order valence-corrected chi connectivity index (χ2v) is 8.60. The second kappa shape index (κ2) is 8.20. The summed E-state index contributed by atoms with van der Waals surface area (Å²) in [5.41, 5.74) is 1.13. The maximum absolute atomic E-state index is 13.5. The highest BCUT2D eigenvalue weighted by molar-refractivity contribution is 5.98. The number of amides is 2. The lowest BCUT2D eigenvalue weighted by Gasteiger charge is -2.38. The number of aromatic nitrogens is 3. The van der Waals surface area contributed by atoms with E-state index in [1.807, 2.05) is 4.90 Å². The van der Waals surface area contributed by atoms with Crippen LogP contribution in [0.4, 0.5) is 0 Å². The Morgan fingerprint density at radius 3 is 2.77 bits per heavy atom. The molecule has 1 unspecified atom stereocenters. The highest BCUT2D eigenvalue weighted by Gasteiger charge is 2.44. The second-order valence-electron chi connectivity index (χ2n) is 8.60. The summed E-state index contributed by atoms with van der Waals surface area (Å²) in [4.78, 5) is 27.9. The number of piperidine rings is 1. The van der Waals surface area contributed by atoms with E-state index in [4.69, 9.17) is 9.47 Å². The van der Waals surface area contributed by atoms with Crippen LogP contribution in [0.1, 0.15) is 41.7 Å². The molecule has 2 amide bonds. The monoisotopic (exact) mass is 425 g/mol. The molecule has 0 radical (unpaired) electrons. The number of carbonyl (C=O) groups excluding carboxylic acids is 2. The number of hydrogen-bond donors (Lipinski definition) is 1. The third-order valence-corrected chi connectivity index (χ3v) is 6.62. The van der Waals surface area contributed by atoms with Gasteiger partial charge in [-0.25, -0.2) is 0 Å². The van der Waals surface area contributed by atoms with Crippen molar-refractivity contribution in [2.24, 2.45) is 11.8 Å². The first-order valence-electron chi connectivity index (χ1n) is 10.9. The first-order valence-corrected chi connectivity index (χ1v) is 10.9. The zero-order chi connectivity index (χ0) is 21.4. The van der Waals surface area contributed by atoms with Gasteiger partial charge in [0.1, 0.15) is 12.3 Å². The Hall–Kier alpha value is -3.10. The molecule has 3 aliphatic heterocycles. The van der Waals surface area contributed by atoms with E-state index in [0.29, 0.717) is 55.2 Å². The van der Waals surface area contributed by atoms with Gasteiger partial charge in [0, 0.05) is 32.1 Å². The van der Waals surface area contributed by atoms with Gasteiger partial charge in [-0.1, -0.05) is 11.3 Å². The van der Waals surface area contributed by atoms with Gasteiger partial charge in [-0.15, -0.1) is 5.10 Å². The molecule has 2 aromatic rings. The lowest BCUT2D eigenvalue weighted by atomic mass is 9.91. The fourth-order valence-electron chi connectivity index (χ4n) is 5.11. The summed E-state index contributed by atoms with van der Waals surface area (Å²) in [6.45, 7) is 2.08. The minimum Gasteiger partial charge on any atom is -0.493 e. The number of para-hydroxylation sites is 1. The fourth-order valence-corrected chi connectivity index (χ4v) is 5.11. The van der Waals surface area contributed by atoms with Crippen LogP contribution in [0, 0.1) is 11.8 Å². The number of fused-ring (bicyclic) bond motifs is 5. The first kappa shape index (κ1) is 19.8. The molecule has 6 bridgehead atoms. The molecule has 9 nitrogen and oxygen atoms in total. The predicted octanol–water partition coefficient (Wildman–Crippen LogP) is 1.63. The number of carbonyl (C=O) groups is 2. The summed E-state index contributed by atoms with van der Waals surface area (Å²) < 4.78 is 13.2. The summed E-state index contributed by atoms with van der Waals surface area (Å²) in [7, 11) is 1.57. The Bertz CT molecular complexity index is 976. The van der Waals surface area contributed by atoms with Gasteiger partial charge in [0.15, 0.2) is 11.5 Å². The molecule has 164 valence electrons. The van der Waals surface area contributed by atoms with Crippen molar-refractivity contribution < 1.29 is 19.1 Å². The maximum atomic E-state index is 13.5. The van der Waals surface area contributed by atoms with Gasteiger partial charge in [-0.2, -0.15) is 0 Å². The van der Waals surface area contributed by atoms with Crippen molar-refractivity contribution in [3.63, 3.8) is 0 Å². The van der Waals surface area contributed by atoms with Crippen LogP contribution < -0.4 is 14.8 Å². The largest absolute Gasteiger partial charge is 0.493 e. The van der Waals surface area contributed by atoms with Crippen LogP contribution in [0.3, 0.4) is 0 Å². The molecule has 9 heteroatoms. The number of hydrogen-bond acceptors (Lipinski definition) is 6. The average molecular weight is 425 g/mol. The van der Waals surface area contributed by atoms with Crippen LogP contribution in [0.15, 0.2) is 24.4 Å². The van der Waals surface area contributed by atoms with Crippen LogP contribution in [-0.2, 0) is 17.9 Å². The molecule has 1 aliphatic carbocycles. The molecule has 1 saturated heterocycles. The fraction of sp³-hybridized carbons (Fsp3) is 0.545. The Morgan fingerprint density at radius 2 is 2.00 bits per heavy atom. The summed E-state index contributed by atoms with van der Waals surface area (Å²) in [6, 6.07) is 5.52. The van der Waals surface area contributed by atoms with Crippen LogP contribution in [0.2, 0.25) is 0 Å². The van der Waals surface area contributed by atoms with Gasteiger partial charge < -0.3 is 19.7 Å². The van der Waals surface area contributed by atoms with Crippen LogP contribution in [0.5, 0.6) is 11.5 Å². The number of aryl methyl sites for hydroxylation is 1. The third kappa shape index (κ3) is 3.84. The van der Waals surface area contributed by atoms with Gasteiger partial charge in [0.25, 0.3) is 5.91 Å². The zero-order valence-corrected chi connectivity index (χ0v) is 17.6.